The molecule has 33 heavy (non-hydrogen) atoms. The summed E-state index contributed by atoms with van der Waals surface area (Å²) in [7, 11) is 0. The van der Waals surface area contributed by atoms with E-state index in [-0.39, 0.29) is 18.4 Å². The lowest BCUT2D eigenvalue weighted by Crippen LogP contribution is -2.27. The number of halogens is 2. The number of thiocarbonyl (C=S) groups is 1. The monoisotopic (exact) mass is 498 g/mol. The molecule has 1 fully saturated rings. The van der Waals surface area contributed by atoms with Crippen LogP contribution in [0.4, 0.5) is 15.8 Å². The Labute approximate surface area is 204 Å². The molecule has 0 atom stereocenters. The van der Waals surface area contributed by atoms with Gasteiger partial charge in [0.1, 0.15) is 11.6 Å². The number of thioether (sulfide) groups is 1. The third-order valence-electron chi connectivity index (χ3n) is 4.57. The first-order chi connectivity index (χ1) is 15.9. The largest absolute Gasteiger partial charge is 0.483 e. The van der Waals surface area contributed by atoms with Gasteiger partial charge in [0.25, 0.3) is 11.8 Å². The van der Waals surface area contributed by atoms with Crippen LogP contribution in [0.3, 0.4) is 0 Å². The van der Waals surface area contributed by atoms with Crippen LogP contribution in [0.25, 0.3) is 6.08 Å². The van der Waals surface area contributed by atoms with E-state index < -0.39 is 5.82 Å². The number of anilines is 2. The molecule has 5 nitrogen and oxygen atoms in total. The fourth-order valence-electron chi connectivity index (χ4n) is 3.03. The van der Waals surface area contributed by atoms with Gasteiger partial charge in [-0.1, -0.05) is 53.8 Å². The van der Waals surface area contributed by atoms with Crippen molar-refractivity contribution in [3.05, 3.63) is 94.1 Å². The van der Waals surface area contributed by atoms with Crippen LogP contribution in [0.15, 0.2) is 77.7 Å². The first-order valence-corrected chi connectivity index (χ1v) is 11.3. The van der Waals surface area contributed by atoms with Gasteiger partial charge in [0.2, 0.25) is 0 Å². The molecule has 1 heterocycles. The third-order valence-corrected chi connectivity index (χ3v) is 6.13. The number of rotatable bonds is 6. The van der Waals surface area contributed by atoms with E-state index in [1.807, 2.05) is 0 Å². The van der Waals surface area contributed by atoms with Crippen molar-refractivity contribution in [1.82, 2.24) is 0 Å². The highest BCUT2D eigenvalue weighted by Gasteiger charge is 2.33. The lowest BCUT2D eigenvalue weighted by atomic mass is 10.2. The molecule has 4 rings (SSSR count). The van der Waals surface area contributed by atoms with Crippen LogP contribution in [-0.4, -0.2) is 22.7 Å². The van der Waals surface area contributed by atoms with Crippen LogP contribution in [0.5, 0.6) is 5.75 Å². The standard InChI is InChI=1S/C24H16ClFN2O3S2/c25-16-5-9-18(10-6-16)27-22(29)14-31-20-4-2-1-3-15(20)13-21-23(30)28(24(32)33-21)19-11-7-17(26)8-12-19/h1-13H,14H2,(H,27,29)/b21-13-. The number of nitrogens with one attached hydrogen (secondary N) is 1. The molecule has 3 aromatic rings. The van der Waals surface area contributed by atoms with Crippen molar-refractivity contribution in [2.24, 2.45) is 0 Å². The summed E-state index contributed by atoms with van der Waals surface area (Å²) in [6.45, 7) is -0.218. The van der Waals surface area contributed by atoms with E-state index in [1.165, 1.54) is 29.2 Å². The van der Waals surface area contributed by atoms with Crippen molar-refractivity contribution in [3.8, 4) is 5.75 Å². The number of hydrogen-bond acceptors (Lipinski definition) is 5. The minimum atomic E-state index is -0.397. The molecule has 1 aliphatic rings. The predicted molar refractivity (Wildman–Crippen MR) is 134 cm³/mol. The normalized spacial score (nSPS) is 14.6. The Morgan fingerprint density at radius 3 is 2.52 bits per heavy atom. The lowest BCUT2D eigenvalue weighted by molar-refractivity contribution is -0.118. The summed E-state index contributed by atoms with van der Waals surface area (Å²) < 4.78 is 19.3. The van der Waals surface area contributed by atoms with E-state index >= 15 is 0 Å². The second-order valence-electron chi connectivity index (χ2n) is 6.88. The molecule has 1 aliphatic heterocycles. The van der Waals surface area contributed by atoms with Gasteiger partial charge in [-0.2, -0.15) is 0 Å². The molecule has 0 unspecified atom stereocenters. The summed E-state index contributed by atoms with van der Waals surface area (Å²) in [5.74, 6) is -0.608. The highest BCUT2D eigenvalue weighted by Crippen LogP contribution is 2.37. The fraction of sp³-hybridized carbons (Fsp3) is 0.0417. The highest BCUT2D eigenvalue weighted by molar-refractivity contribution is 8.27. The van der Waals surface area contributed by atoms with Crippen LogP contribution in [0.1, 0.15) is 5.56 Å². The zero-order valence-corrected chi connectivity index (χ0v) is 19.3. The Morgan fingerprint density at radius 1 is 1.09 bits per heavy atom. The van der Waals surface area contributed by atoms with Gasteiger partial charge in [-0.15, -0.1) is 0 Å². The van der Waals surface area contributed by atoms with E-state index in [9.17, 15) is 14.0 Å². The SMILES string of the molecule is O=C(COc1ccccc1/C=C1\SC(=S)N(c2ccc(F)cc2)C1=O)Nc1ccc(Cl)cc1. The summed E-state index contributed by atoms with van der Waals surface area (Å²) in [6, 6.07) is 19.3. The van der Waals surface area contributed by atoms with Crippen molar-refractivity contribution in [1.29, 1.82) is 0 Å². The van der Waals surface area contributed by atoms with Gasteiger partial charge in [-0.3, -0.25) is 14.5 Å². The molecular weight excluding hydrogens is 483 g/mol. The number of amides is 2. The van der Waals surface area contributed by atoms with Crippen molar-refractivity contribution in [2.75, 3.05) is 16.8 Å². The highest BCUT2D eigenvalue weighted by atomic mass is 35.5. The van der Waals surface area contributed by atoms with Gasteiger partial charge in [0.15, 0.2) is 10.9 Å². The molecule has 0 radical (unpaired) electrons. The summed E-state index contributed by atoms with van der Waals surface area (Å²) in [5.41, 5.74) is 1.72. The summed E-state index contributed by atoms with van der Waals surface area (Å²) in [5, 5.41) is 3.30. The Balaban J connectivity index is 1.47. The Morgan fingerprint density at radius 2 is 1.79 bits per heavy atom. The minimum Gasteiger partial charge on any atom is -0.483 e. The Bertz CT molecular complexity index is 1250. The molecule has 1 N–H and O–H groups in total. The number of carbonyl (C=O) groups excluding carboxylic acids is 2. The molecule has 2 amide bonds. The number of ether oxygens (including phenoxy) is 1. The maximum absolute atomic E-state index is 13.2. The van der Waals surface area contributed by atoms with Gasteiger partial charge in [-0.25, -0.2) is 4.39 Å². The average Bonchev–Trinajstić information content (AvgIpc) is 3.08. The maximum Gasteiger partial charge on any atom is 0.270 e. The second-order valence-corrected chi connectivity index (χ2v) is 8.99. The first kappa shape index (κ1) is 23.0. The number of benzene rings is 3. The van der Waals surface area contributed by atoms with Crippen LogP contribution >= 0.6 is 35.6 Å². The molecule has 9 heteroatoms. The van der Waals surface area contributed by atoms with Gasteiger partial charge in [0, 0.05) is 16.3 Å². The fourth-order valence-corrected chi connectivity index (χ4v) is 4.44. The summed E-state index contributed by atoms with van der Waals surface area (Å²) in [4.78, 5) is 27.0. The van der Waals surface area contributed by atoms with E-state index in [2.05, 4.69) is 5.32 Å². The lowest BCUT2D eigenvalue weighted by Gasteiger charge is -2.14. The second kappa shape index (κ2) is 10.2. The Hall–Kier alpha value is -3.20. The maximum atomic E-state index is 13.2. The van der Waals surface area contributed by atoms with E-state index in [1.54, 1.807) is 54.6 Å². The zero-order valence-electron chi connectivity index (χ0n) is 17.0. The van der Waals surface area contributed by atoms with Gasteiger partial charge >= 0.3 is 0 Å². The zero-order chi connectivity index (χ0) is 23.4. The minimum absolute atomic E-state index is 0.218. The molecule has 1 saturated heterocycles. The molecule has 3 aromatic carbocycles. The first-order valence-electron chi connectivity index (χ1n) is 9.71. The number of para-hydroxylation sites is 1. The van der Waals surface area contributed by atoms with Crippen molar-refractivity contribution < 1.29 is 18.7 Å². The van der Waals surface area contributed by atoms with E-state index in [4.69, 9.17) is 28.6 Å². The number of hydrogen-bond donors (Lipinski definition) is 1. The predicted octanol–water partition coefficient (Wildman–Crippen LogP) is 5.90. The van der Waals surface area contributed by atoms with Crippen molar-refractivity contribution in [3.63, 3.8) is 0 Å². The van der Waals surface area contributed by atoms with Crippen LogP contribution in [0, 0.1) is 5.82 Å². The average molecular weight is 499 g/mol. The van der Waals surface area contributed by atoms with Crippen molar-refractivity contribution >= 4 is 69.2 Å². The van der Waals surface area contributed by atoms with Crippen molar-refractivity contribution in [2.45, 2.75) is 0 Å². The quantitative estimate of drug-likeness (QED) is 0.338. The van der Waals surface area contributed by atoms with Crippen LogP contribution in [0.2, 0.25) is 5.02 Å². The molecule has 0 saturated carbocycles. The topological polar surface area (TPSA) is 58.6 Å². The molecule has 0 spiro atoms. The van der Waals surface area contributed by atoms with E-state index in [0.29, 0.717) is 36.9 Å². The molecule has 0 aromatic heterocycles. The Kier molecular flexibility index (Phi) is 7.08. The molecule has 0 bridgehead atoms. The smallest absolute Gasteiger partial charge is 0.270 e. The number of nitrogens with zero attached hydrogens (tertiary/aromatic N) is 1. The van der Waals surface area contributed by atoms with Gasteiger partial charge in [-0.05, 0) is 60.7 Å². The molecule has 166 valence electrons. The summed E-state index contributed by atoms with van der Waals surface area (Å²) >= 11 is 12.3. The summed E-state index contributed by atoms with van der Waals surface area (Å²) in [6.07, 6.45) is 1.66. The van der Waals surface area contributed by atoms with Crippen LogP contribution < -0.4 is 15.0 Å². The molecular formula is C24H16ClFN2O3S2. The van der Waals surface area contributed by atoms with Gasteiger partial charge in [0.05, 0.1) is 10.6 Å². The van der Waals surface area contributed by atoms with Gasteiger partial charge < -0.3 is 10.1 Å². The van der Waals surface area contributed by atoms with E-state index in [0.717, 1.165) is 11.8 Å². The third kappa shape index (κ3) is 5.60. The van der Waals surface area contributed by atoms with Crippen LogP contribution in [-0.2, 0) is 9.59 Å². The molecule has 0 aliphatic carbocycles. The number of carbonyl (C=O) groups is 2.